The first kappa shape index (κ1) is 12.6. The number of rotatable bonds is 3. The smallest absolute Gasteiger partial charge is 0.201 e. The zero-order valence-electron chi connectivity index (χ0n) is 11.8. The third kappa shape index (κ3) is 2.22. The summed E-state index contributed by atoms with van der Waals surface area (Å²) in [5.74, 6) is 2.59. The minimum absolute atomic E-state index is 0.116. The first-order chi connectivity index (χ1) is 9.52. The number of furan rings is 1. The first-order valence-electron chi connectivity index (χ1n) is 6.61. The first-order valence-corrected chi connectivity index (χ1v) is 6.61. The molecular weight excluding hydrogens is 252 g/mol. The standard InChI is InChI=1S/C15H18N4O/c1-8-6-12(10(3)20-8)9(2)17-15-18-13-5-4-11(16)7-14(13)19-15/h4-7,9H,16H2,1-3H3,(H2,17,18,19). The monoisotopic (exact) mass is 270 g/mol. The van der Waals surface area contributed by atoms with Crippen molar-refractivity contribution < 1.29 is 4.42 Å². The van der Waals surface area contributed by atoms with E-state index in [4.69, 9.17) is 10.2 Å². The van der Waals surface area contributed by atoms with Gasteiger partial charge in [0.25, 0.3) is 0 Å². The molecule has 0 aliphatic heterocycles. The van der Waals surface area contributed by atoms with Crippen LogP contribution < -0.4 is 11.1 Å². The van der Waals surface area contributed by atoms with Gasteiger partial charge in [-0.3, -0.25) is 0 Å². The van der Waals surface area contributed by atoms with Crippen molar-refractivity contribution in [1.29, 1.82) is 0 Å². The molecule has 2 aromatic heterocycles. The molecule has 2 heterocycles. The maximum atomic E-state index is 5.77. The highest BCUT2D eigenvalue weighted by Crippen LogP contribution is 2.25. The lowest BCUT2D eigenvalue weighted by atomic mass is 10.1. The average Bonchev–Trinajstić information content (AvgIpc) is 2.91. The predicted molar refractivity (Wildman–Crippen MR) is 80.7 cm³/mol. The van der Waals surface area contributed by atoms with Crippen molar-refractivity contribution in [3.8, 4) is 0 Å². The number of nitrogens with one attached hydrogen (secondary N) is 2. The molecule has 5 nitrogen and oxygen atoms in total. The molecule has 4 N–H and O–H groups in total. The van der Waals surface area contributed by atoms with Crippen LogP contribution in [0.15, 0.2) is 28.7 Å². The summed E-state index contributed by atoms with van der Waals surface area (Å²) in [6, 6.07) is 7.80. The van der Waals surface area contributed by atoms with E-state index >= 15 is 0 Å². The third-order valence-electron chi connectivity index (χ3n) is 3.41. The van der Waals surface area contributed by atoms with E-state index in [1.807, 2.05) is 38.1 Å². The molecule has 0 spiro atoms. The summed E-state index contributed by atoms with van der Waals surface area (Å²) < 4.78 is 5.56. The van der Waals surface area contributed by atoms with Crippen LogP contribution in [0.1, 0.15) is 30.0 Å². The van der Waals surface area contributed by atoms with Crippen molar-refractivity contribution in [3.63, 3.8) is 0 Å². The molecule has 104 valence electrons. The molecule has 0 aliphatic carbocycles. The summed E-state index contributed by atoms with van der Waals surface area (Å²) in [5, 5.41) is 3.35. The topological polar surface area (TPSA) is 79.9 Å². The number of nitrogen functional groups attached to an aromatic ring is 1. The van der Waals surface area contributed by atoms with Gasteiger partial charge in [0.15, 0.2) is 0 Å². The van der Waals surface area contributed by atoms with Crippen molar-refractivity contribution >= 4 is 22.7 Å². The maximum absolute atomic E-state index is 5.77. The van der Waals surface area contributed by atoms with Gasteiger partial charge in [-0.2, -0.15) is 0 Å². The minimum Gasteiger partial charge on any atom is -0.466 e. The zero-order chi connectivity index (χ0) is 14.3. The second-order valence-electron chi connectivity index (χ2n) is 5.10. The fourth-order valence-corrected chi connectivity index (χ4v) is 2.46. The molecule has 0 saturated carbocycles. The van der Waals surface area contributed by atoms with E-state index < -0.39 is 0 Å². The van der Waals surface area contributed by atoms with Crippen LogP contribution in [-0.2, 0) is 0 Å². The molecule has 20 heavy (non-hydrogen) atoms. The number of H-pyrrole nitrogens is 1. The Morgan fingerprint density at radius 3 is 2.80 bits per heavy atom. The zero-order valence-corrected chi connectivity index (χ0v) is 11.8. The molecule has 0 amide bonds. The van der Waals surface area contributed by atoms with Crippen LogP contribution >= 0.6 is 0 Å². The van der Waals surface area contributed by atoms with Gasteiger partial charge in [0.05, 0.1) is 17.1 Å². The molecule has 0 radical (unpaired) electrons. The second-order valence-corrected chi connectivity index (χ2v) is 5.10. The number of imidazole rings is 1. The lowest BCUT2D eigenvalue weighted by Gasteiger charge is -2.11. The molecule has 0 saturated heterocycles. The van der Waals surface area contributed by atoms with Crippen molar-refractivity contribution in [1.82, 2.24) is 9.97 Å². The van der Waals surface area contributed by atoms with Crippen LogP contribution in [0.5, 0.6) is 0 Å². The van der Waals surface area contributed by atoms with Gasteiger partial charge in [-0.25, -0.2) is 4.98 Å². The Hall–Kier alpha value is -2.43. The number of aryl methyl sites for hydroxylation is 2. The highest BCUT2D eigenvalue weighted by Gasteiger charge is 2.14. The molecule has 3 rings (SSSR count). The molecule has 0 fully saturated rings. The fraction of sp³-hybridized carbons (Fsp3) is 0.267. The highest BCUT2D eigenvalue weighted by molar-refractivity contribution is 5.80. The van der Waals surface area contributed by atoms with Crippen molar-refractivity contribution in [2.24, 2.45) is 0 Å². The Labute approximate surface area is 117 Å². The largest absolute Gasteiger partial charge is 0.466 e. The van der Waals surface area contributed by atoms with Crippen LogP contribution in [0.25, 0.3) is 11.0 Å². The summed E-state index contributed by atoms with van der Waals surface area (Å²) >= 11 is 0. The van der Waals surface area contributed by atoms with Gasteiger partial charge in [0.1, 0.15) is 11.5 Å². The van der Waals surface area contributed by atoms with Gasteiger partial charge in [0, 0.05) is 11.3 Å². The van der Waals surface area contributed by atoms with Crippen LogP contribution in [0.3, 0.4) is 0 Å². The molecule has 5 heteroatoms. The van der Waals surface area contributed by atoms with Gasteiger partial charge in [0.2, 0.25) is 5.95 Å². The fourth-order valence-electron chi connectivity index (χ4n) is 2.46. The van der Waals surface area contributed by atoms with Crippen LogP contribution in [0, 0.1) is 13.8 Å². The number of nitrogens with zero attached hydrogens (tertiary/aromatic N) is 1. The highest BCUT2D eigenvalue weighted by atomic mass is 16.3. The number of hydrogen-bond donors (Lipinski definition) is 3. The summed E-state index contributed by atoms with van der Waals surface area (Å²) in [6.45, 7) is 6.01. The molecular formula is C15H18N4O. The maximum Gasteiger partial charge on any atom is 0.201 e. The van der Waals surface area contributed by atoms with E-state index in [1.165, 1.54) is 0 Å². The Morgan fingerprint density at radius 2 is 2.10 bits per heavy atom. The SMILES string of the molecule is Cc1cc(C(C)Nc2nc3ccc(N)cc3[nH]2)c(C)o1. The third-order valence-corrected chi connectivity index (χ3v) is 3.41. The second kappa shape index (κ2) is 4.59. The van der Waals surface area contributed by atoms with Gasteiger partial charge in [-0.05, 0) is 45.0 Å². The summed E-state index contributed by atoms with van der Waals surface area (Å²) in [4.78, 5) is 7.73. The van der Waals surface area contributed by atoms with E-state index in [-0.39, 0.29) is 6.04 Å². The summed E-state index contributed by atoms with van der Waals surface area (Å²) in [7, 11) is 0. The van der Waals surface area contributed by atoms with E-state index in [0.29, 0.717) is 0 Å². The molecule has 1 unspecified atom stereocenters. The van der Waals surface area contributed by atoms with Gasteiger partial charge in [-0.1, -0.05) is 0 Å². The van der Waals surface area contributed by atoms with Gasteiger partial charge >= 0.3 is 0 Å². The van der Waals surface area contributed by atoms with E-state index in [2.05, 4.69) is 22.2 Å². The normalized spacial score (nSPS) is 12.8. The summed E-state index contributed by atoms with van der Waals surface area (Å²) in [6.07, 6.45) is 0. The number of aromatic nitrogens is 2. The molecule has 0 aliphatic rings. The number of benzene rings is 1. The summed E-state index contributed by atoms with van der Waals surface area (Å²) in [5.41, 5.74) is 9.46. The van der Waals surface area contributed by atoms with Crippen molar-refractivity contribution in [2.45, 2.75) is 26.8 Å². The lowest BCUT2D eigenvalue weighted by molar-refractivity contribution is 0.499. The van der Waals surface area contributed by atoms with Crippen molar-refractivity contribution in [3.05, 3.63) is 41.3 Å². The van der Waals surface area contributed by atoms with E-state index in [0.717, 1.165) is 39.8 Å². The predicted octanol–water partition coefficient (Wildman–Crippen LogP) is 3.53. The Bertz CT molecular complexity index is 756. The lowest BCUT2D eigenvalue weighted by Crippen LogP contribution is -2.07. The van der Waals surface area contributed by atoms with Crippen LogP contribution in [0.2, 0.25) is 0 Å². The number of nitrogens with two attached hydrogens (primary N) is 1. The molecule has 3 aromatic rings. The van der Waals surface area contributed by atoms with E-state index in [1.54, 1.807) is 0 Å². The average molecular weight is 270 g/mol. The van der Waals surface area contributed by atoms with Crippen molar-refractivity contribution in [2.75, 3.05) is 11.1 Å². The van der Waals surface area contributed by atoms with Gasteiger partial charge in [-0.15, -0.1) is 0 Å². The minimum atomic E-state index is 0.116. The number of aromatic amines is 1. The number of hydrogen-bond acceptors (Lipinski definition) is 4. The van der Waals surface area contributed by atoms with E-state index in [9.17, 15) is 0 Å². The van der Waals surface area contributed by atoms with Crippen LogP contribution in [-0.4, -0.2) is 9.97 Å². The Morgan fingerprint density at radius 1 is 1.30 bits per heavy atom. The number of fused-ring (bicyclic) bond motifs is 1. The molecule has 0 bridgehead atoms. The quantitative estimate of drug-likeness (QED) is 0.636. The van der Waals surface area contributed by atoms with Gasteiger partial charge < -0.3 is 20.5 Å². The number of anilines is 2. The molecule has 1 aromatic carbocycles. The van der Waals surface area contributed by atoms with Crippen LogP contribution in [0.4, 0.5) is 11.6 Å². The Kier molecular flexibility index (Phi) is 2.89. The molecule has 1 atom stereocenters. The Balaban J connectivity index is 1.87.